The van der Waals surface area contributed by atoms with Crippen molar-refractivity contribution in [3.63, 3.8) is 0 Å². The van der Waals surface area contributed by atoms with Gasteiger partial charge < -0.3 is 0 Å². The van der Waals surface area contributed by atoms with Crippen LogP contribution in [0.15, 0.2) is 71.5 Å². The Morgan fingerprint density at radius 1 is 1.03 bits per heavy atom. The minimum Gasteiger partial charge on any atom is -0.288 e. The first-order valence-electron chi connectivity index (χ1n) is 10.6. The van der Waals surface area contributed by atoms with Gasteiger partial charge in [0.1, 0.15) is 10.8 Å². The Morgan fingerprint density at radius 3 is 2.61 bits per heavy atom. The summed E-state index contributed by atoms with van der Waals surface area (Å²) < 4.78 is 2.47. The van der Waals surface area contributed by atoms with Crippen LogP contribution in [0.3, 0.4) is 0 Å². The topological polar surface area (TPSA) is 97.1 Å². The van der Waals surface area contributed by atoms with Gasteiger partial charge in [-0.15, -0.1) is 11.3 Å². The third-order valence-corrected chi connectivity index (χ3v) is 6.49. The van der Waals surface area contributed by atoms with Crippen LogP contribution in [0.1, 0.15) is 29.5 Å². The molecule has 0 saturated carbocycles. The zero-order valence-electron chi connectivity index (χ0n) is 17.8. The second-order valence-corrected chi connectivity index (χ2v) is 8.63. The number of nitrogens with zero attached hydrogens (tertiary/aromatic N) is 3. The summed E-state index contributed by atoms with van der Waals surface area (Å²) in [6.07, 6.45) is 1.55. The molecule has 5 aromatic rings. The number of rotatable bonds is 5. The first-order valence-corrected chi connectivity index (χ1v) is 11.4. The monoisotopic (exact) mass is 456 g/mol. The van der Waals surface area contributed by atoms with Gasteiger partial charge in [-0.25, -0.2) is 15.4 Å². The number of thiazole rings is 1. The van der Waals surface area contributed by atoms with Crippen molar-refractivity contribution in [3.05, 3.63) is 88.5 Å². The fraction of sp³-hybridized carbons (Fsp3) is 0.120. The van der Waals surface area contributed by atoms with Gasteiger partial charge in [-0.2, -0.15) is 0 Å². The van der Waals surface area contributed by atoms with Gasteiger partial charge in [-0.05, 0) is 42.8 Å². The summed E-state index contributed by atoms with van der Waals surface area (Å²) in [6, 6.07) is 20.1. The SMILES string of the molecule is CCCc1nc2cccc(-c3nc4ccc(C(=O)NO)cc4s3)c2c(=O)n1-c1ccccc1. The molecule has 0 fully saturated rings. The van der Waals surface area contributed by atoms with E-state index in [0.29, 0.717) is 39.0 Å². The van der Waals surface area contributed by atoms with Crippen LogP contribution in [0.4, 0.5) is 0 Å². The van der Waals surface area contributed by atoms with E-state index >= 15 is 0 Å². The van der Waals surface area contributed by atoms with Crippen LogP contribution in [0, 0.1) is 0 Å². The highest BCUT2D eigenvalue weighted by atomic mass is 32.1. The normalized spacial score (nSPS) is 11.2. The number of hydrogen-bond donors (Lipinski definition) is 2. The Balaban J connectivity index is 1.76. The maximum atomic E-state index is 13.8. The van der Waals surface area contributed by atoms with E-state index < -0.39 is 5.91 Å². The highest BCUT2D eigenvalue weighted by Gasteiger charge is 2.18. The second-order valence-electron chi connectivity index (χ2n) is 7.60. The summed E-state index contributed by atoms with van der Waals surface area (Å²) in [5.41, 5.74) is 4.66. The van der Waals surface area contributed by atoms with Gasteiger partial charge >= 0.3 is 0 Å². The van der Waals surface area contributed by atoms with Gasteiger partial charge in [0.25, 0.3) is 11.5 Å². The average Bonchev–Trinajstić information content (AvgIpc) is 3.27. The second kappa shape index (κ2) is 8.57. The predicted octanol–water partition coefficient (Wildman–Crippen LogP) is 4.73. The van der Waals surface area contributed by atoms with E-state index in [9.17, 15) is 9.59 Å². The third-order valence-electron chi connectivity index (χ3n) is 5.44. The van der Waals surface area contributed by atoms with E-state index in [1.54, 1.807) is 28.2 Å². The molecule has 0 bridgehead atoms. The van der Waals surface area contributed by atoms with Crippen molar-refractivity contribution in [3.8, 4) is 16.3 Å². The van der Waals surface area contributed by atoms with E-state index in [4.69, 9.17) is 15.2 Å². The Labute approximate surface area is 192 Å². The smallest absolute Gasteiger partial charge is 0.274 e. The molecule has 0 unspecified atom stereocenters. The van der Waals surface area contributed by atoms with E-state index in [-0.39, 0.29) is 5.56 Å². The summed E-state index contributed by atoms with van der Waals surface area (Å²) in [7, 11) is 0. The molecule has 1 amide bonds. The Bertz CT molecular complexity index is 1560. The van der Waals surface area contributed by atoms with Crippen LogP contribution in [-0.2, 0) is 6.42 Å². The summed E-state index contributed by atoms with van der Waals surface area (Å²) in [6.45, 7) is 2.06. The third kappa shape index (κ3) is 3.69. The number of hydrogen-bond acceptors (Lipinski definition) is 6. The van der Waals surface area contributed by atoms with Crippen LogP contribution in [0.5, 0.6) is 0 Å². The standard InChI is InChI=1S/C25H20N4O3S/c1-2-7-21-26-19-11-6-10-17(22(19)25(31)29(21)16-8-4-3-5-9-16)24-27-18-13-12-15(23(30)28-32)14-20(18)33-24/h3-6,8-14,32H,2,7H2,1H3,(H,28,30). The highest BCUT2D eigenvalue weighted by Crippen LogP contribution is 2.34. The first-order chi connectivity index (χ1) is 16.1. The molecule has 0 aliphatic heterocycles. The Hall–Kier alpha value is -3.88. The lowest BCUT2D eigenvalue weighted by atomic mass is 10.1. The van der Waals surface area contributed by atoms with E-state index in [1.807, 2.05) is 48.5 Å². The molecule has 0 radical (unpaired) electrons. The molecule has 0 aliphatic carbocycles. The molecule has 5 rings (SSSR count). The van der Waals surface area contributed by atoms with Gasteiger partial charge in [0, 0.05) is 17.5 Å². The molecule has 164 valence electrons. The summed E-state index contributed by atoms with van der Waals surface area (Å²) in [5.74, 6) is 0.137. The number of hydroxylamine groups is 1. The Kier molecular flexibility index (Phi) is 5.45. The van der Waals surface area contributed by atoms with Gasteiger partial charge in [0.2, 0.25) is 0 Å². The molecule has 0 aliphatic rings. The highest BCUT2D eigenvalue weighted by molar-refractivity contribution is 7.21. The summed E-state index contributed by atoms with van der Waals surface area (Å²) in [5, 5.41) is 10.1. The van der Waals surface area contributed by atoms with Crippen LogP contribution in [0.25, 0.3) is 37.4 Å². The predicted molar refractivity (Wildman–Crippen MR) is 129 cm³/mol. The van der Waals surface area contributed by atoms with Crippen molar-refractivity contribution in [2.75, 3.05) is 0 Å². The number of amides is 1. The van der Waals surface area contributed by atoms with E-state index in [0.717, 1.165) is 22.6 Å². The van der Waals surface area contributed by atoms with E-state index in [2.05, 4.69) is 6.92 Å². The van der Waals surface area contributed by atoms with Crippen molar-refractivity contribution in [2.45, 2.75) is 19.8 Å². The molecule has 7 nitrogen and oxygen atoms in total. The van der Waals surface area contributed by atoms with Crippen LogP contribution >= 0.6 is 11.3 Å². The Morgan fingerprint density at radius 2 is 1.85 bits per heavy atom. The maximum absolute atomic E-state index is 13.8. The molecule has 0 saturated heterocycles. The largest absolute Gasteiger partial charge is 0.288 e. The van der Waals surface area contributed by atoms with Gasteiger partial charge in [-0.1, -0.05) is 37.3 Å². The molecule has 3 aromatic carbocycles. The molecule has 2 N–H and O–H groups in total. The first kappa shape index (κ1) is 21.0. The van der Waals surface area contributed by atoms with Crippen molar-refractivity contribution in [1.29, 1.82) is 0 Å². The maximum Gasteiger partial charge on any atom is 0.274 e. The fourth-order valence-corrected chi connectivity index (χ4v) is 4.97. The van der Waals surface area contributed by atoms with Crippen molar-refractivity contribution >= 4 is 38.4 Å². The average molecular weight is 457 g/mol. The van der Waals surface area contributed by atoms with E-state index in [1.165, 1.54) is 11.3 Å². The number of aromatic nitrogens is 3. The molecular formula is C25H20N4O3S. The molecule has 0 atom stereocenters. The number of carbonyl (C=O) groups is 1. The zero-order chi connectivity index (χ0) is 22.9. The van der Waals surface area contributed by atoms with Gasteiger partial charge in [0.15, 0.2) is 0 Å². The lowest BCUT2D eigenvalue weighted by molar-refractivity contribution is 0.0706. The molecule has 33 heavy (non-hydrogen) atoms. The van der Waals surface area contributed by atoms with Gasteiger partial charge in [-0.3, -0.25) is 19.4 Å². The van der Waals surface area contributed by atoms with Crippen molar-refractivity contribution < 1.29 is 10.0 Å². The molecule has 0 spiro atoms. The van der Waals surface area contributed by atoms with Gasteiger partial charge in [0.05, 0.1) is 26.8 Å². The van der Waals surface area contributed by atoms with Crippen LogP contribution in [0.2, 0.25) is 0 Å². The lowest BCUT2D eigenvalue weighted by Gasteiger charge is -2.14. The number of nitrogens with one attached hydrogen (secondary N) is 1. The van der Waals surface area contributed by atoms with Crippen molar-refractivity contribution in [1.82, 2.24) is 20.0 Å². The van der Waals surface area contributed by atoms with Crippen molar-refractivity contribution in [2.24, 2.45) is 0 Å². The summed E-state index contributed by atoms with van der Waals surface area (Å²) >= 11 is 1.38. The minimum atomic E-state index is -0.588. The molecule has 8 heteroatoms. The minimum absolute atomic E-state index is 0.134. The quantitative estimate of drug-likeness (QED) is 0.294. The molecule has 2 heterocycles. The number of para-hydroxylation sites is 1. The molecule has 2 aromatic heterocycles. The lowest BCUT2D eigenvalue weighted by Crippen LogP contribution is -2.24. The number of fused-ring (bicyclic) bond motifs is 2. The zero-order valence-corrected chi connectivity index (χ0v) is 18.6. The number of aryl methyl sites for hydroxylation is 1. The van der Waals surface area contributed by atoms with Crippen LogP contribution in [-0.4, -0.2) is 25.6 Å². The molecular weight excluding hydrogens is 436 g/mol. The summed E-state index contributed by atoms with van der Waals surface area (Å²) in [4.78, 5) is 35.2. The fourth-order valence-electron chi connectivity index (χ4n) is 3.93. The number of carbonyl (C=O) groups excluding carboxylic acids is 1. The van der Waals surface area contributed by atoms with Crippen LogP contribution < -0.4 is 11.0 Å². The number of benzene rings is 3.